The highest BCUT2D eigenvalue weighted by atomic mass is 16.4. The molecular weight excluding hydrogens is 158 g/mol. The zero-order valence-electron chi connectivity index (χ0n) is 7.66. The molecule has 0 aromatic rings. The molecule has 4 heteroatoms. The van der Waals surface area contributed by atoms with Crippen molar-refractivity contribution < 1.29 is 15.0 Å². The zero-order chi connectivity index (χ0) is 9.56. The van der Waals surface area contributed by atoms with Gasteiger partial charge in [0.25, 0.3) is 0 Å². The van der Waals surface area contributed by atoms with Crippen LogP contribution in [0.3, 0.4) is 0 Å². The second kappa shape index (κ2) is 5.97. The molecule has 0 heterocycles. The highest BCUT2D eigenvalue weighted by Gasteiger charge is 2.07. The molecule has 1 unspecified atom stereocenters. The summed E-state index contributed by atoms with van der Waals surface area (Å²) in [5.41, 5.74) is 0. The molecule has 0 bridgehead atoms. The molecule has 0 saturated carbocycles. The van der Waals surface area contributed by atoms with E-state index >= 15 is 0 Å². The van der Waals surface area contributed by atoms with Gasteiger partial charge in [-0.25, -0.2) is 0 Å². The first-order valence-electron chi connectivity index (χ1n) is 4.18. The van der Waals surface area contributed by atoms with Crippen LogP contribution in [0.1, 0.15) is 20.3 Å². The molecule has 2 N–H and O–H groups in total. The highest BCUT2D eigenvalue weighted by Crippen LogP contribution is 1.94. The molecule has 0 aromatic carbocycles. The minimum Gasteiger partial charge on any atom is -0.481 e. The van der Waals surface area contributed by atoms with E-state index in [4.69, 9.17) is 10.2 Å². The van der Waals surface area contributed by atoms with E-state index in [2.05, 4.69) is 0 Å². The molecule has 0 saturated heterocycles. The van der Waals surface area contributed by atoms with Crippen molar-refractivity contribution in [3.8, 4) is 0 Å². The van der Waals surface area contributed by atoms with Crippen LogP contribution >= 0.6 is 0 Å². The Balaban J connectivity index is 3.60. The third-order valence-electron chi connectivity index (χ3n) is 1.61. The van der Waals surface area contributed by atoms with Crippen LogP contribution < -0.4 is 0 Å². The molecule has 72 valence electrons. The van der Waals surface area contributed by atoms with Gasteiger partial charge >= 0.3 is 5.97 Å². The molecule has 1 atom stereocenters. The van der Waals surface area contributed by atoms with E-state index < -0.39 is 12.1 Å². The van der Waals surface area contributed by atoms with Gasteiger partial charge < -0.3 is 15.1 Å². The number of carboxylic acid groups (broad SMARTS) is 1. The van der Waals surface area contributed by atoms with Crippen molar-refractivity contribution in [1.82, 2.24) is 4.90 Å². The maximum absolute atomic E-state index is 10.2. The smallest absolute Gasteiger partial charge is 0.304 e. The van der Waals surface area contributed by atoms with Gasteiger partial charge in [-0.15, -0.1) is 0 Å². The number of aliphatic hydroxyl groups is 1. The number of rotatable bonds is 6. The van der Waals surface area contributed by atoms with E-state index in [0.717, 1.165) is 6.54 Å². The monoisotopic (exact) mass is 175 g/mol. The first kappa shape index (κ1) is 11.4. The minimum absolute atomic E-state index is 0.139. The quantitative estimate of drug-likeness (QED) is 0.604. The molecule has 0 spiro atoms. The second-order valence-corrected chi connectivity index (χ2v) is 2.89. The van der Waals surface area contributed by atoms with E-state index in [0.29, 0.717) is 13.1 Å². The van der Waals surface area contributed by atoms with Crippen LogP contribution in [0, 0.1) is 0 Å². The van der Waals surface area contributed by atoms with Gasteiger partial charge in [-0.05, 0) is 13.5 Å². The van der Waals surface area contributed by atoms with Crippen molar-refractivity contribution in [1.29, 1.82) is 0 Å². The molecule has 0 aromatic heterocycles. The van der Waals surface area contributed by atoms with Crippen molar-refractivity contribution in [3.63, 3.8) is 0 Å². The molecule has 0 rings (SSSR count). The van der Waals surface area contributed by atoms with Crippen molar-refractivity contribution >= 4 is 5.97 Å². The predicted molar refractivity (Wildman–Crippen MR) is 46.0 cm³/mol. The second-order valence-electron chi connectivity index (χ2n) is 2.89. The lowest BCUT2D eigenvalue weighted by atomic mass is 10.3. The summed E-state index contributed by atoms with van der Waals surface area (Å²) in [6.45, 7) is 5.48. The number of aliphatic carboxylic acids is 1. The van der Waals surface area contributed by atoms with Crippen molar-refractivity contribution in [2.75, 3.05) is 19.6 Å². The predicted octanol–water partition coefficient (Wildman–Crippen LogP) is 0.164. The molecule has 0 aliphatic heterocycles. The van der Waals surface area contributed by atoms with E-state index in [1.54, 1.807) is 6.92 Å². The Morgan fingerprint density at radius 1 is 1.58 bits per heavy atom. The van der Waals surface area contributed by atoms with Gasteiger partial charge in [0.15, 0.2) is 0 Å². The number of carbonyl (C=O) groups is 1. The van der Waals surface area contributed by atoms with Crippen molar-refractivity contribution in [3.05, 3.63) is 0 Å². The number of carboxylic acids is 1. The van der Waals surface area contributed by atoms with Crippen molar-refractivity contribution in [2.45, 2.75) is 26.4 Å². The van der Waals surface area contributed by atoms with Gasteiger partial charge in [0.05, 0.1) is 12.5 Å². The van der Waals surface area contributed by atoms with Gasteiger partial charge in [-0.3, -0.25) is 4.79 Å². The van der Waals surface area contributed by atoms with E-state index in [1.165, 1.54) is 0 Å². The normalized spacial score (nSPS) is 13.3. The number of hydrogen-bond acceptors (Lipinski definition) is 3. The topological polar surface area (TPSA) is 60.8 Å². The summed E-state index contributed by atoms with van der Waals surface area (Å²) < 4.78 is 0. The summed E-state index contributed by atoms with van der Waals surface area (Å²) >= 11 is 0. The molecular formula is C8H17NO3. The number of hydrogen-bond donors (Lipinski definition) is 2. The lowest BCUT2D eigenvalue weighted by Crippen LogP contribution is -2.32. The third-order valence-corrected chi connectivity index (χ3v) is 1.61. The average molecular weight is 175 g/mol. The van der Waals surface area contributed by atoms with Crippen LogP contribution in [0.4, 0.5) is 0 Å². The summed E-state index contributed by atoms with van der Waals surface area (Å²) in [6.07, 6.45) is -0.251. The standard InChI is InChI=1S/C8H17NO3/c1-3-9(6-7(2)10)5-4-8(11)12/h7,10H,3-6H2,1-2H3,(H,11,12). The molecule has 0 amide bonds. The van der Waals surface area contributed by atoms with Gasteiger partial charge in [0.1, 0.15) is 0 Å². The van der Waals surface area contributed by atoms with Crippen LogP contribution in [0.5, 0.6) is 0 Å². The van der Waals surface area contributed by atoms with Crippen molar-refractivity contribution in [2.24, 2.45) is 0 Å². The van der Waals surface area contributed by atoms with Gasteiger partial charge in [-0.2, -0.15) is 0 Å². The molecule has 4 nitrogen and oxygen atoms in total. The first-order chi connectivity index (χ1) is 5.56. The van der Waals surface area contributed by atoms with Crippen LogP contribution in [0.2, 0.25) is 0 Å². The Morgan fingerprint density at radius 2 is 2.17 bits per heavy atom. The zero-order valence-corrected chi connectivity index (χ0v) is 7.66. The van der Waals surface area contributed by atoms with Gasteiger partial charge in [-0.1, -0.05) is 6.92 Å². The molecule has 0 radical (unpaired) electrons. The minimum atomic E-state index is -0.793. The summed E-state index contributed by atoms with van der Waals surface area (Å²) in [4.78, 5) is 12.1. The fourth-order valence-corrected chi connectivity index (χ4v) is 1.01. The molecule has 0 fully saturated rings. The van der Waals surface area contributed by atoms with Gasteiger partial charge in [0.2, 0.25) is 0 Å². The van der Waals surface area contributed by atoms with Crippen LogP contribution in [0.25, 0.3) is 0 Å². The van der Waals surface area contributed by atoms with Crippen LogP contribution in [-0.4, -0.2) is 46.8 Å². The molecule has 0 aliphatic carbocycles. The van der Waals surface area contributed by atoms with Crippen LogP contribution in [-0.2, 0) is 4.79 Å². The van der Waals surface area contributed by atoms with Crippen LogP contribution in [0.15, 0.2) is 0 Å². The molecule has 0 aliphatic rings. The molecule has 12 heavy (non-hydrogen) atoms. The summed E-state index contributed by atoms with van der Waals surface area (Å²) in [7, 11) is 0. The van der Waals surface area contributed by atoms with Gasteiger partial charge in [0, 0.05) is 13.1 Å². The average Bonchev–Trinajstić information content (AvgIpc) is 1.97. The Labute approximate surface area is 72.8 Å². The number of nitrogens with zero attached hydrogens (tertiary/aromatic N) is 1. The van der Waals surface area contributed by atoms with E-state index in [1.807, 2.05) is 11.8 Å². The lowest BCUT2D eigenvalue weighted by Gasteiger charge is -2.20. The summed E-state index contributed by atoms with van der Waals surface area (Å²) in [5.74, 6) is -0.793. The Hall–Kier alpha value is -0.610. The van der Waals surface area contributed by atoms with E-state index in [-0.39, 0.29) is 6.42 Å². The maximum atomic E-state index is 10.2. The largest absolute Gasteiger partial charge is 0.481 e. The number of likely N-dealkylation sites (N-methyl/N-ethyl adjacent to an activating group) is 1. The Bertz CT molecular complexity index is 136. The first-order valence-corrected chi connectivity index (χ1v) is 4.18. The fraction of sp³-hybridized carbons (Fsp3) is 0.875. The lowest BCUT2D eigenvalue weighted by molar-refractivity contribution is -0.137. The Morgan fingerprint density at radius 3 is 2.50 bits per heavy atom. The SMILES string of the molecule is CCN(CCC(=O)O)CC(C)O. The fourth-order valence-electron chi connectivity index (χ4n) is 1.01. The maximum Gasteiger partial charge on any atom is 0.304 e. The Kier molecular flexibility index (Phi) is 5.66. The third kappa shape index (κ3) is 6.12. The van der Waals surface area contributed by atoms with E-state index in [9.17, 15) is 4.79 Å². The summed E-state index contributed by atoms with van der Waals surface area (Å²) in [6, 6.07) is 0. The number of aliphatic hydroxyl groups excluding tert-OH is 1. The highest BCUT2D eigenvalue weighted by molar-refractivity contribution is 5.66. The summed E-state index contributed by atoms with van der Waals surface area (Å²) in [5, 5.41) is 17.4.